The Morgan fingerprint density at radius 1 is 1.29 bits per heavy atom. The summed E-state index contributed by atoms with van der Waals surface area (Å²) in [6, 6.07) is 7.57. The molecule has 1 rings (SSSR count). The van der Waals surface area contributed by atoms with Crippen molar-refractivity contribution in [2.45, 2.75) is 39.4 Å². The van der Waals surface area contributed by atoms with Crippen LogP contribution in [0.25, 0.3) is 0 Å². The van der Waals surface area contributed by atoms with Crippen LogP contribution >= 0.6 is 0 Å². The van der Waals surface area contributed by atoms with Crippen molar-refractivity contribution >= 4 is 0 Å². The molecule has 0 saturated carbocycles. The first kappa shape index (κ1) is 11.1. The molecule has 0 aliphatic carbocycles. The van der Waals surface area contributed by atoms with Gasteiger partial charge in [-0.3, -0.25) is 0 Å². The van der Waals surface area contributed by atoms with E-state index < -0.39 is 0 Å². The van der Waals surface area contributed by atoms with Crippen LogP contribution in [0.3, 0.4) is 0 Å². The summed E-state index contributed by atoms with van der Waals surface area (Å²) in [6.07, 6.45) is 2.47. The van der Waals surface area contributed by atoms with Crippen LogP contribution in [-0.2, 0) is 6.61 Å². The summed E-state index contributed by atoms with van der Waals surface area (Å²) in [5.41, 5.74) is 0.917. The molecule has 1 atom stereocenters. The highest BCUT2D eigenvalue weighted by atomic mass is 16.5. The summed E-state index contributed by atoms with van der Waals surface area (Å²) in [7, 11) is 0. The Morgan fingerprint density at radius 2 is 1.93 bits per heavy atom. The molecule has 0 amide bonds. The van der Waals surface area contributed by atoms with Gasteiger partial charge in [-0.2, -0.15) is 0 Å². The molecule has 0 radical (unpaired) electrons. The van der Waals surface area contributed by atoms with E-state index in [9.17, 15) is 0 Å². The predicted molar refractivity (Wildman–Crippen MR) is 57.4 cm³/mol. The lowest BCUT2D eigenvalue weighted by molar-refractivity contribution is 0.209. The van der Waals surface area contributed by atoms with E-state index >= 15 is 0 Å². The molecule has 0 fully saturated rings. The van der Waals surface area contributed by atoms with Crippen molar-refractivity contribution in [3.05, 3.63) is 29.8 Å². The second kappa shape index (κ2) is 5.66. The minimum absolute atomic E-state index is 0.0881. The summed E-state index contributed by atoms with van der Waals surface area (Å²) in [4.78, 5) is 0. The van der Waals surface area contributed by atoms with E-state index in [4.69, 9.17) is 9.84 Å². The van der Waals surface area contributed by atoms with Crippen molar-refractivity contribution in [2.24, 2.45) is 0 Å². The van der Waals surface area contributed by atoms with Crippen molar-refractivity contribution in [3.63, 3.8) is 0 Å². The third kappa shape index (κ3) is 3.38. The van der Waals surface area contributed by atoms with Crippen LogP contribution in [0, 0.1) is 0 Å². The summed E-state index contributed by atoms with van der Waals surface area (Å²) in [5, 5.41) is 8.85. The Balaban J connectivity index is 2.50. The number of aliphatic hydroxyl groups is 1. The van der Waals surface area contributed by atoms with Gasteiger partial charge in [0.2, 0.25) is 0 Å². The zero-order valence-corrected chi connectivity index (χ0v) is 8.86. The topological polar surface area (TPSA) is 29.5 Å². The van der Waals surface area contributed by atoms with Crippen molar-refractivity contribution in [3.8, 4) is 5.75 Å². The average molecular weight is 194 g/mol. The minimum Gasteiger partial charge on any atom is -0.491 e. The Morgan fingerprint density at radius 3 is 2.43 bits per heavy atom. The Kier molecular flexibility index (Phi) is 4.47. The van der Waals surface area contributed by atoms with Gasteiger partial charge in [0.05, 0.1) is 12.7 Å². The largest absolute Gasteiger partial charge is 0.491 e. The van der Waals surface area contributed by atoms with E-state index in [1.54, 1.807) is 0 Å². The van der Waals surface area contributed by atoms with Gasteiger partial charge in [0, 0.05) is 0 Å². The van der Waals surface area contributed by atoms with Crippen molar-refractivity contribution in [1.29, 1.82) is 0 Å². The highest BCUT2D eigenvalue weighted by Crippen LogP contribution is 2.15. The molecule has 1 N–H and O–H groups in total. The summed E-state index contributed by atoms with van der Waals surface area (Å²) < 4.78 is 5.67. The first-order valence-electron chi connectivity index (χ1n) is 5.12. The summed E-state index contributed by atoms with van der Waals surface area (Å²) in [6.45, 7) is 4.31. The molecule has 1 aromatic carbocycles. The van der Waals surface area contributed by atoms with E-state index in [0.29, 0.717) is 0 Å². The molecule has 0 heterocycles. The van der Waals surface area contributed by atoms with E-state index in [1.165, 1.54) is 0 Å². The normalized spacial score (nSPS) is 12.5. The second-order valence-electron chi connectivity index (χ2n) is 3.52. The van der Waals surface area contributed by atoms with Crippen molar-refractivity contribution in [1.82, 2.24) is 0 Å². The highest BCUT2D eigenvalue weighted by Gasteiger charge is 2.01. The van der Waals surface area contributed by atoms with Crippen LogP contribution in [0.4, 0.5) is 0 Å². The SMILES string of the molecule is CCCC(C)Oc1ccc(CO)cc1. The Bertz CT molecular complexity index is 254. The maximum Gasteiger partial charge on any atom is 0.119 e. The fourth-order valence-corrected chi connectivity index (χ4v) is 1.37. The average Bonchev–Trinajstić information content (AvgIpc) is 2.19. The third-order valence-corrected chi connectivity index (χ3v) is 2.14. The van der Waals surface area contributed by atoms with Crippen molar-refractivity contribution < 1.29 is 9.84 Å². The van der Waals surface area contributed by atoms with Gasteiger partial charge in [0.15, 0.2) is 0 Å². The molecule has 0 spiro atoms. The Labute approximate surface area is 85.5 Å². The molecular formula is C12H18O2. The molecule has 2 heteroatoms. The maximum atomic E-state index is 8.85. The van der Waals surface area contributed by atoms with Gasteiger partial charge in [0.25, 0.3) is 0 Å². The van der Waals surface area contributed by atoms with E-state index in [0.717, 1.165) is 24.2 Å². The number of rotatable bonds is 5. The van der Waals surface area contributed by atoms with E-state index in [-0.39, 0.29) is 12.7 Å². The molecule has 0 aliphatic rings. The lowest BCUT2D eigenvalue weighted by atomic mass is 10.2. The van der Waals surface area contributed by atoms with Gasteiger partial charge in [-0.25, -0.2) is 0 Å². The zero-order chi connectivity index (χ0) is 10.4. The third-order valence-electron chi connectivity index (χ3n) is 2.14. The number of hydrogen-bond donors (Lipinski definition) is 1. The molecule has 78 valence electrons. The van der Waals surface area contributed by atoms with Crippen molar-refractivity contribution in [2.75, 3.05) is 0 Å². The molecule has 0 aliphatic heterocycles. The van der Waals surface area contributed by atoms with Crippen LogP contribution in [0.1, 0.15) is 32.3 Å². The number of ether oxygens (including phenoxy) is 1. The minimum atomic E-state index is 0.0881. The van der Waals surface area contributed by atoms with Crippen LogP contribution in [-0.4, -0.2) is 11.2 Å². The van der Waals surface area contributed by atoms with Gasteiger partial charge >= 0.3 is 0 Å². The summed E-state index contributed by atoms with van der Waals surface area (Å²) in [5.74, 6) is 0.878. The molecule has 14 heavy (non-hydrogen) atoms. The lowest BCUT2D eigenvalue weighted by Crippen LogP contribution is -2.10. The molecule has 1 unspecified atom stereocenters. The van der Waals surface area contributed by atoms with E-state index in [2.05, 4.69) is 13.8 Å². The molecule has 0 saturated heterocycles. The standard InChI is InChI=1S/C12H18O2/c1-3-4-10(2)14-12-7-5-11(9-13)6-8-12/h5-8,10,13H,3-4,9H2,1-2H3. The highest BCUT2D eigenvalue weighted by molar-refractivity contribution is 5.26. The first-order chi connectivity index (χ1) is 6.76. The molecule has 0 bridgehead atoms. The maximum absolute atomic E-state index is 8.85. The smallest absolute Gasteiger partial charge is 0.119 e. The zero-order valence-electron chi connectivity index (χ0n) is 8.86. The van der Waals surface area contributed by atoms with Gasteiger partial charge in [0.1, 0.15) is 5.75 Å². The quantitative estimate of drug-likeness (QED) is 0.781. The molecule has 0 aromatic heterocycles. The summed E-state index contributed by atoms with van der Waals surface area (Å²) >= 11 is 0. The first-order valence-corrected chi connectivity index (χ1v) is 5.12. The fourth-order valence-electron chi connectivity index (χ4n) is 1.37. The van der Waals surface area contributed by atoms with Crippen LogP contribution < -0.4 is 4.74 Å². The van der Waals surface area contributed by atoms with Gasteiger partial charge in [-0.05, 0) is 31.0 Å². The molecule has 1 aromatic rings. The van der Waals surface area contributed by atoms with Gasteiger partial charge in [-0.15, -0.1) is 0 Å². The molecule has 2 nitrogen and oxygen atoms in total. The Hall–Kier alpha value is -1.02. The van der Waals surface area contributed by atoms with E-state index in [1.807, 2.05) is 24.3 Å². The van der Waals surface area contributed by atoms with Gasteiger partial charge < -0.3 is 9.84 Å². The fraction of sp³-hybridized carbons (Fsp3) is 0.500. The molecular weight excluding hydrogens is 176 g/mol. The number of benzene rings is 1. The van der Waals surface area contributed by atoms with Crippen LogP contribution in [0.5, 0.6) is 5.75 Å². The monoisotopic (exact) mass is 194 g/mol. The van der Waals surface area contributed by atoms with Crippen LogP contribution in [0.2, 0.25) is 0 Å². The van der Waals surface area contributed by atoms with Gasteiger partial charge in [-0.1, -0.05) is 25.5 Å². The van der Waals surface area contributed by atoms with Crippen LogP contribution in [0.15, 0.2) is 24.3 Å². The lowest BCUT2D eigenvalue weighted by Gasteiger charge is -2.13. The second-order valence-corrected chi connectivity index (χ2v) is 3.52. The number of hydrogen-bond acceptors (Lipinski definition) is 2. The predicted octanol–water partition coefficient (Wildman–Crippen LogP) is 2.75. The number of aliphatic hydroxyl groups excluding tert-OH is 1.